The van der Waals surface area contributed by atoms with E-state index in [-0.39, 0.29) is 6.61 Å². The molecule has 0 radical (unpaired) electrons. The van der Waals surface area contributed by atoms with Crippen molar-refractivity contribution in [1.82, 2.24) is 14.5 Å². The quantitative estimate of drug-likeness (QED) is 0.508. The summed E-state index contributed by atoms with van der Waals surface area (Å²) in [6, 6.07) is 17.2. The maximum atomic E-state index is 12.9. The summed E-state index contributed by atoms with van der Waals surface area (Å²) in [5.74, 6) is -0.122. The molecule has 0 saturated heterocycles. The van der Waals surface area contributed by atoms with Gasteiger partial charge in [-0.2, -0.15) is 0 Å². The third-order valence-corrected chi connectivity index (χ3v) is 4.74. The van der Waals surface area contributed by atoms with Crippen LogP contribution in [0.4, 0.5) is 5.82 Å². The molecule has 0 bridgehead atoms. The van der Waals surface area contributed by atoms with E-state index >= 15 is 0 Å². The van der Waals surface area contributed by atoms with Gasteiger partial charge in [-0.1, -0.05) is 55.8 Å². The minimum Gasteiger partial charge on any atom is -0.457 e. The molecule has 0 aliphatic heterocycles. The number of aromatic nitrogens is 3. The lowest BCUT2D eigenvalue weighted by Gasteiger charge is -2.07. The molecular formula is C22H22N4O2. The number of nitrogens with two attached hydrogens (primary N) is 1. The van der Waals surface area contributed by atoms with E-state index in [1.807, 2.05) is 59.2 Å². The second kappa shape index (κ2) is 7.68. The van der Waals surface area contributed by atoms with Gasteiger partial charge in [0.25, 0.3) is 0 Å². The van der Waals surface area contributed by atoms with Crippen molar-refractivity contribution in [3.8, 4) is 0 Å². The fourth-order valence-corrected chi connectivity index (χ4v) is 3.26. The minimum absolute atomic E-state index is 0.182. The first-order valence-corrected chi connectivity index (χ1v) is 9.44. The van der Waals surface area contributed by atoms with Crippen LogP contribution in [0.2, 0.25) is 0 Å². The summed E-state index contributed by atoms with van der Waals surface area (Å²) in [5, 5.41) is 0. The van der Waals surface area contributed by atoms with Crippen LogP contribution in [0.5, 0.6) is 0 Å². The van der Waals surface area contributed by atoms with Crippen molar-refractivity contribution < 1.29 is 9.53 Å². The highest BCUT2D eigenvalue weighted by Gasteiger charge is 2.25. The van der Waals surface area contributed by atoms with Gasteiger partial charge < -0.3 is 15.0 Å². The van der Waals surface area contributed by atoms with Crippen molar-refractivity contribution in [2.45, 2.75) is 32.9 Å². The van der Waals surface area contributed by atoms with Crippen molar-refractivity contribution in [1.29, 1.82) is 0 Å². The van der Waals surface area contributed by atoms with Crippen LogP contribution < -0.4 is 5.73 Å². The number of nitrogens with zero attached hydrogens (tertiary/aromatic N) is 3. The molecule has 0 unspecified atom stereocenters. The van der Waals surface area contributed by atoms with Crippen LogP contribution in [-0.4, -0.2) is 20.5 Å². The first kappa shape index (κ1) is 18.0. The Kier molecular flexibility index (Phi) is 4.93. The monoisotopic (exact) mass is 374 g/mol. The SMILES string of the molecule is CCCCn1c(N)c(C(=O)OCc2ccccc2)c2nc3ccccc3nc21. The zero-order valence-corrected chi connectivity index (χ0v) is 15.8. The van der Waals surface area contributed by atoms with Gasteiger partial charge in [-0.15, -0.1) is 0 Å². The van der Waals surface area contributed by atoms with Gasteiger partial charge in [0, 0.05) is 6.54 Å². The Balaban J connectivity index is 1.78. The molecule has 2 N–H and O–H groups in total. The first-order valence-electron chi connectivity index (χ1n) is 9.44. The van der Waals surface area contributed by atoms with Gasteiger partial charge in [-0.05, 0) is 24.1 Å². The molecule has 2 aromatic carbocycles. The topological polar surface area (TPSA) is 83.0 Å². The maximum absolute atomic E-state index is 12.9. The average Bonchev–Trinajstić information content (AvgIpc) is 3.00. The van der Waals surface area contributed by atoms with Crippen LogP contribution in [0, 0.1) is 0 Å². The summed E-state index contributed by atoms with van der Waals surface area (Å²) in [6.45, 7) is 2.97. The largest absolute Gasteiger partial charge is 0.457 e. The van der Waals surface area contributed by atoms with Crippen molar-refractivity contribution in [3.05, 3.63) is 65.7 Å². The van der Waals surface area contributed by atoms with E-state index in [4.69, 9.17) is 15.5 Å². The van der Waals surface area contributed by atoms with Crippen LogP contribution in [0.15, 0.2) is 54.6 Å². The molecule has 2 heterocycles. The van der Waals surface area contributed by atoms with Crippen LogP contribution in [-0.2, 0) is 17.9 Å². The van der Waals surface area contributed by atoms with E-state index in [1.54, 1.807) is 0 Å². The fraction of sp³-hybridized carbons (Fsp3) is 0.227. The van der Waals surface area contributed by atoms with Gasteiger partial charge in [-0.25, -0.2) is 14.8 Å². The van der Waals surface area contributed by atoms with Crippen molar-refractivity contribution in [2.75, 3.05) is 5.73 Å². The smallest absolute Gasteiger partial charge is 0.344 e. The summed E-state index contributed by atoms with van der Waals surface area (Å²) in [6.07, 6.45) is 1.94. The van der Waals surface area contributed by atoms with Gasteiger partial charge in [0.2, 0.25) is 0 Å². The maximum Gasteiger partial charge on any atom is 0.344 e. The molecule has 4 aromatic rings. The fourth-order valence-electron chi connectivity index (χ4n) is 3.26. The number of unbranched alkanes of at least 4 members (excludes halogenated alkanes) is 1. The number of nitrogen functional groups attached to an aromatic ring is 1. The normalized spacial score (nSPS) is 11.2. The predicted molar refractivity (Wildman–Crippen MR) is 110 cm³/mol. The number of ether oxygens (including phenoxy) is 1. The summed E-state index contributed by atoms with van der Waals surface area (Å²) in [7, 11) is 0. The van der Waals surface area contributed by atoms with Gasteiger partial charge in [0.15, 0.2) is 5.65 Å². The van der Waals surface area contributed by atoms with Gasteiger partial charge >= 0.3 is 5.97 Å². The number of hydrogen-bond donors (Lipinski definition) is 1. The van der Waals surface area contributed by atoms with Crippen molar-refractivity contribution in [2.24, 2.45) is 0 Å². The summed E-state index contributed by atoms with van der Waals surface area (Å²) < 4.78 is 7.41. The zero-order chi connectivity index (χ0) is 19.5. The lowest BCUT2D eigenvalue weighted by Crippen LogP contribution is -2.10. The molecule has 0 amide bonds. The summed E-state index contributed by atoms with van der Waals surface area (Å²) >= 11 is 0. The third kappa shape index (κ3) is 3.29. The number of fused-ring (bicyclic) bond motifs is 2. The number of benzene rings is 2. The summed E-state index contributed by atoms with van der Waals surface area (Å²) in [5.41, 5.74) is 10.2. The molecule has 0 fully saturated rings. The van der Waals surface area contributed by atoms with Crippen LogP contribution in [0.25, 0.3) is 22.2 Å². The lowest BCUT2D eigenvalue weighted by atomic mass is 10.2. The Morgan fingerprint density at radius 3 is 2.43 bits per heavy atom. The number of carbonyl (C=O) groups excluding carboxylic acids is 1. The molecule has 0 saturated carbocycles. The molecule has 6 nitrogen and oxygen atoms in total. The highest BCUT2D eigenvalue weighted by molar-refractivity contribution is 6.08. The first-order chi connectivity index (χ1) is 13.7. The van der Waals surface area contributed by atoms with E-state index in [0.717, 1.165) is 29.4 Å². The Morgan fingerprint density at radius 1 is 1.04 bits per heavy atom. The second-order valence-corrected chi connectivity index (χ2v) is 6.71. The third-order valence-electron chi connectivity index (χ3n) is 4.74. The Morgan fingerprint density at radius 2 is 1.71 bits per heavy atom. The highest BCUT2D eigenvalue weighted by Crippen LogP contribution is 2.29. The molecule has 0 aliphatic carbocycles. The van der Waals surface area contributed by atoms with E-state index < -0.39 is 5.97 Å². The predicted octanol–water partition coefficient (Wildman–Crippen LogP) is 4.32. The number of para-hydroxylation sites is 2. The molecular weight excluding hydrogens is 352 g/mol. The number of aryl methyl sites for hydroxylation is 1. The zero-order valence-electron chi connectivity index (χ0n) is 15.8. The molecule has 142 valence electrons. The summed E-state index contributed by atoms with van der Waals surface area (Å²) in [4.78, 5) is 22.3. The molecule has 28 heavy (non-hydrogen) atoms. The Bertz CT molecular complexity index is 1140. The molecule has 0 spiro atoms. The minimum atomic E-state index is -0.480. The number of hydrogen-bond acceptors (Lipinski definition) is 5. The van der Waals surface area contributed by atoms with Gasteiger partial charge in [0.05, 0.1) is 11.0 Å². The van der Waals surface area contributed by atoms with E-state index in [2.05, 4.69) is 11.9 Å². The standard InChI is InChI=1S/C22H22N4O2/c1-2-3-13-26-20(23)18(22(27)28-14-15-9-5-4-6-10-15)19-21(26)25-17-12-8-7-11-16(17)24-19/h4-12H,2-3,13-14,23H2,1H3. The van der Waals surface area contributed by atoms with E-state index in [0.29, 0.717) is 29.1 Å². The van der Waals surface area contributed by atoms with Gasteiger partial charge in [0.1, 0.15) is 23.5 Å². The Hall–Kier alpha value is -3.41. The molecule has 2 aromatic heterocycles. The van der Waals surface area contributed by atoms with Crippen LogP contribution >= 0.6 is 0 Å². The van der Waals surface area contributed by atoms with Crippen molar-refractivity contribution >= 4 is 34.0 Å². The highest BCUT2D eigenvalue weighted by atomic mass is 16.5. The molecule has 6 heteroatoms. The lowest BCUT2D eigenvalue weighted by molar-refractivity contribution is 0.0476. The molecule has 0 atom stereocenters. The van der Waals surface area contributed by atoms with Crippen LogP contribution in [0.3, 0.4) is 0 Å². The van der Waals surface area contributed by atoms with Crippen molar-refractivity contribution in [3.63, 3.8) is 0 Å². The molecule has 4 rings (SSSR count). The average molecular weight is 374 g/mol. The number of esters is 1. The number of rotatable bonds is 6. The second-order valence-electron chi connectivity index (χ2n) is 6.71. The Labute approximate surface area is 163 Å². The van der Waals surface area contributed by atoms with Gasteiger partial charge in [-0.3, -0.25) is 0 Å². The van der Waals surface area contributed by atoms with Crippen LogP contribution in [0.1, 0.15) is 35.7 Å². The van der Waals surface area contributed by atoms with E-state index in [9.17, 15) is 4.79 Å². The molecule has 0 aliphatic rings. The van der Waals surface area contributed by atoms with E-state index in [1.165, 1.54) is 0 Å². The number of anilines is 1. The number of carbonyl (C=O) groups is 1.